The second-order valence-electron chi connectivity index (χ2n) is 6.78. The first kappa shape index (κ1) is 16.3. The SMILES string of the molecule is CC(C)c1c(F)ccc2[nH]c(C(C)(C)Oc3ccc(N)cc3)nc12. The van der Waals surface area contributed by atoms with Gasteiger partial charge in [0, 0.05) is 11.3 Å². The molecule has 1 heterocycles. The van der Waals surface area contributed by atoms with Crippen LogP contribution in [0.3, 0.4) is 0 Å². The van der Waals surface area contributed by atoms with E-state index in [2.05, 4.69) is 9.97 Å². The number of nitrogens with zero attached hydrogens (tertiary/aromatic N) is 1. The van der Waals surface area contributed by atoms with Crippen molar-refractivity contribution < 1.29 is 9.13 Å². The quantitative estimate of drug-likeness (QED) is 0.681. The van der Waals surface area contributed by atoms with E-state index in [9.17, 15) is 4.39 Å². The van der Waals surface area contributed by atoms with Gasteiger partial charge in [-0.2, -0.15) is 0 Å². The Hall–Kier alpha value is -2.56. The standard InChI is InChI=1S/C19H22FN3O/c1-11(2)16-14(20)9-10-15-17(16)23-18(22-15)19(3,4)24-13-7-5-12(21)6-8-13/h5-11H,21H2,1-4H3,(H,22,23). The molecular formula is C19H22FN3O. The molecule has 126 valence electrons. The Morgan fingerprint density at radius 3 is 2.42 bits per heavy atom. The first-order valence-electron chi connectivity index (χ1n) is 8.01. The van der Waals surface area contributed by atoms with E-state index in [-0.39, 0.29) is 11.7 Å². The van der Waals surface area contributed by atoms with Crippen molar-refractivity contribution in [3.05, 3.63) is 53.6 Å². The van der Waals surface area contributed by atoms with Gasteiger partial charge in [0.2, 0.25) is 0 Å². The highest BCUT2D eigenvalue weighted by Crippen LogP contribution is 2.31. The van der Waals surface area contributed by atoms with Crippen LogP contribution < -0.4 is 10.5 Å². The molecule has 0 fully saturated rings. The Bertz CT molecular complexity index is 866. The summed E-state index contributed by atoms with van der Waals surface area (Å²) in [6.07, 6.45) is 0. The predicted octanol–water partition coefficient (Wildman–Crippen LogP) is 4.72. The summed E-state index contributed by atoms with van der Waals surface area (Å²) >= 11 is 0. The van der Waals surface area contributed by atoms with Crippen LogP contribution in [0.1, 0.15) is 45.0 Å². The minimum Gasteiger partial charge on any atom is -0.480 e. The smallest absolute Gasteiger partial charge is 0.160 e. The third-order valence-electron chi connectivity index (χ3n) is 4.04. The molecule has 1 aromatic heterocycles. The lowest BCUT2D eigenvalue weighted by Gasteiger charge is -2.24. The Labute approximate surface area is 140 Å². The molecule has 0 aliphatic heterocycles. The number of nitrogen functional groups attached to an aromatic ring is 1. The van der Waals surface area contributed by atoms with E-state index in [0.29, 0.717) is 28.3 Å². The number of H-pyrrole nitrogens is 1. The van der Waals surface area contributed by atoms with E-state index in [1.807, 2.05) is 39.8 Å². The van der Waals surface area contributed by atoms with Gasteiger partial charge in [-0.3, -0.25) is 0 Å². The highest BCUT2D eigenvalue weighted by molar-refractivity contribution is 5.79. The first-order valence-corrected chi connectivity index (χ1v) is 8.01. The number of nitrogens with two attached hydrogens (primary N) is 1. The Kier molecular flexibility index (Phi) is 3.95. The molecule has 0 bridgehead atoms. The summed E-state index contributed by atoms with van der Waals surface area (Å²) in [6.45, 7) is 7.77. The lowest BCUT2D eigenvalue weighted by Crippen LogP contribution is -2.26. The van der Waals surface area contributed by atoms with E-state index in [1.54, 1.807) is 18.2 Å². The van der Waals surface area contributed by atoms with Crippen LogP contribution in [0.5, 0.6) is 5.75 Å². The minimum absolute atomic E-state index is 0.0472. The zero-order valence-corrected chi connectivity index (χ0v) is 14.4. The Morgan fingerprint density at radius 2 is 1.79 bits per heavy atom. The van der Waals surface area contributed by atoms with Crippen molar-refractivity contribution in [1.82, 2.24) is 9.97 Å². The third-order valence-corrected chi connectivity index (χ3v) is 4.04. The Morgan fingerprint density at radius 1 is 1.12 bits per heavy atom. The number of halogens is 1. The van der Waals surface area contributed by atoms with Gasteiger partial charge in [-0.05, 0) is 56.2 Å². The van der Waals surface area contributed by atoms with E-state index in [0.717, 1.165) is 5.52 Å². The van der Waals surface area contributed by atoms with Gasteiger partial charge in [0.1, 0.15) is 11.6 Å². The van der Waals surface area contributed by atoms with Crippen molar-refractivity contribution in [3.8, 4) is 5.75 Å². The van der Waals surface area contributed by atoms with E-state index >= 15 is 0 Å². The van der Waals surface area contributed by atoms with Gasteiger partial charge in [0.05, 0.1) is 11.0 Å². The number of fused-ring (bicyclic) bond motifs is 1. The number of benzene rings is 2. The summed E-state index contributed by atoms with van der Waals surface area (Å²) in [5.41, 5.74) is 7.78. The number of ether oxygens (including phenoxy) is 1. The van der Waals surface area contributed by atoms with E-state index < -0.39 is 5.60 Å². The van der Waals surface area contributed by atoms with Crippen molar-refractivity contribution in [2.75, 3.05) is 5.73 Å². The second-order valence-corrected chi connectivity index (χ2v) is 6.78. The number of aromatic nitrogens is 2. The van der Waals surface area contributed by atoms with Crippen LogP contribution >= 0.6 is 0 Å². The highest BCUT2D eigenvalue weighted by atomic mass is 19.1. The number of anilines is 1. The maximum atomic E-state index is 14.2. The summed E-state index contributed by atoms with van der Waals surface area (Å²) in [7, 11) is 0. The second kappa shape index (κ2) is 5.82. The highest BCUT2D eigenvalue weighted by Gasteiger charge is 2.28. The van der Waals surface area contributed by atoms with Crippen LogP contribution in [-0.4, -0.2) is 9.97 Å². The number of hydrogen-bond acceptors (Lipinski definition) is 3. The molecule has 5 heteroatoms. The van der Waals surface area contributed by atoms with Crippen LogP contribution in [0.4, 0.5) is 10.1 Å². The predicted molar refractivity (Wildman–Crippen MR) is 94.6 cm³/mol. The zero-order chi connectivity index (χ0) is 17.5. The average Bonchev–Trinajstić information content (AvgIpc) is 2.93. The largest absolute Gasteiger partial charge is 0.480 e. The van der Waals surface area contributed by atoms with Gasteiger partial charge in [-0.25, -0.2) is 9.37 Å². The van der Waals surface area contributed by atoms with Crippen molar-refractivity contribution in [2.45, 2.75) is 39.2 Å². The lowest BCUT2D eigenvalue weighted by atomic mass is 10.0. The molecule has 0 saturated heterocycles. The number of aromatic amines is 1. The fourth-order valence-corrected chi connectivity index (χ4v) is 2.79. The van der Waals surface area contributed by atoms with Crippen molar-refractivity contribution >= 4 is 16.7 Å². The van der Waals surface area contributed by atoms with Gasteiger partial charge < -0.3 is 15.5 Å². The molecule has 3 N–H and O–H groups in total. The van der Waals surface area contributed by atoms with Crippen molar-refractivity contribution in [1.29, 1.82) is 0 Å². The summed E-state index contributed by atoms with van der Waals surface area (Å²) in [4.78, 5) is 7.90. The molecule has 0 spiro atoms. The van der Waals surface area contributed by atoms with Gasteiger partial charge >= 0.3 is 0 Å². The van der Waals surface area contributed by atoms with Crippen LogP contribution in [-0.2, 0) is 5.60 Å². The molecule has 0 unspecified atom stereocenters. The average molecular weight is 327 g/mol. The van der Waals surface area contributed by atoms with Crippen LogP contribution in [0.15, 0.2) is 36.4 Å². The number of imidazole rings is 1. The molecule has 0 aliphatic rings. The normalized spacial score (nSPS) is 12.1. The van der Waals surface area contributed by atoms with Gasteiger partial charge in [0.15, 0.2) is 11.4 Å². The van der Waals surface area contributed by atoms with Gasteiger partial charge in [-0.1, -0.05) is 13.8 Å². The molecule has 0 saturated carbocycles. The molecule has 3 aromatic rings. The van der Waals surface area contributed by atoms with E-state index in [1.165, 1.54) is 6.07 Å². The molecule has 0 radical (unpaired) electrons. The maximum absolute atomic E-state index is 14.2. The fourth-order valence-electron chi connectivity index (χ4n) is 2.79. The molecular weight excluding hydrogens is 305 g/mol. The first-order chi connectivity index (χ1) is 11.3. The Balaban J connectivity index is 2.01. The molecule has 0 atom stereocenters. The summed E-state index contributed by atoms with van der Waals surface area (Å²) in [6, 6.07) is 10.4. The van der Waals surface area contributed by atoms with Gasteiger partial charge in [0.25, 0.3) is 0 Å². The molecule has 0 aliphatic carbocycles. The summed E-state index contributed by atoms with van der Waals surface area (Å²) in [5, 5.41) is 0. The number of hydrogen-bond donors (Lipinski definition) is 2. The minimum atomic E-state index is -0.695. The van der Waals surface area contributed by atoms with Crippen LogP contribution in [0.25, 0.3) is 11.0 Å². The maximum Gasteiger partial charge on any atom is 0.160 e. The number of rotatable bonds is 4. The fraction of sp³-hybridized carbons (Fsp3) is 0.316. The third kappa shape index (κ3) is 2.94. The molecule has 4 nitrogen and oxygen atoms in total. The molecule has 2 aromatic carbocycles. The molecule has 3 rings (SSSR count). The summed E-state index contributed by atoms with van der Waals surface area (Å²) in [5.74, 6) is 1.17. The zero-order valence-electron chi connectivity index (χ0n) is 14.4. The topological polar surface area (TPSA) is 63.9 Å². The lowest BCUT2D eigenvalue weighted by molar-refractivity contribution is 0.0998. The van der Waals surface area contributed by atoms with Crippen molar-refractivity contribution in [2.24, 2.45) is 0 Å². The number of nitrogens with one attached hydrogen (secondary N) is 1. The molecule has 0 amide bonds. The monoisotopic (exact) mass is 327 g/mol. The molecule has 24 heavy (non-hydrogen) atoms. The van der Waals surface area contributed by atoms with Crippen LogP contribution in [0.2, 0.25) is 0 Å². The van der Waals surface area contributed by atoms with Gasteiger partial charge in [-0.15, -0.1) is 0 Å². The van der Waals surface area contributed by atoms with Crippen LogP contribution in [0, 0.1) is 5.82 Å². The van der Waals surface area contributed by atoms with Crippen molar-refractivity contribution in [3.63, 3.8) is 0 Å². The van der Waals surface area contributed by atoms with E-state index in [4.69, 9.17) is 10.5 Å². The summed E-state index contributed by atoms with van der Waals surface area (Å²) < 4.78 is 20.2.